The van der Waals surface area contributed by atoms with Crippen molar-refractivity contribution in [3.63, 3.8) is 0 Å². The molecule has 3 N–H and O–H groups in total. The summed E-state index contributed by atoms with van der Waals surface area (Å²) in [5.74, 6) is 0.00131. The molecule has 0 aromatic heterocycles. The summed E-state index contributed by atoms with van der Waals surface area (Å²) >= 11 is 0. The summed E-state index contributed by atoms with van der Waals surface area (Å²) < 4.78 is 0. The molecular formula is C23H25N3O4. The summed E-state index contributed by atoms with van der Waals surface area (Å²) in [6.07, 6.45) is 2.12. The maximum absolute atomic E-state index is 12.6. The molecule has 156 valence electrons. The van der Waals surface area contributed by atoms with E-state index in [-0.39, 0.29) is 17.7 Å². The first-order valence-electron chi connectivity index (χ1n) is 10.3. The Morgan fingerprint density at radius 2 is 1.70 bits per heavy atom. The lowest BCUT2D eigenvalue weighted by Crippen LogP contribution is -2.42. The highest BCUT2D eigenvalue weighted by molar-refractivity contribution is 5.97. The molecule has 1 saturated carbocycles. The van der Waals surface area contributed by atoms with Crippen molar-refractivity contribution in [3.05, 3.63) is 54.1 Å². The number of carbonyl (C=O) groups is 3. The predicted molar refractivity (Wildman–Crippen MR) is 113 cm³/mol. The fraction of sp³-hybridized carbons (Fsp3) is 0.348. The minimum atomic E-state index is -1.06. The molecule has 0 radical (unpaired) electrons. The zero-order chi connectivity index (χ0) is 21.1. The normalized spacial score (nSPS) is 18.1. The van der Waals surface area contributed by atoms with Gasteiger partial charge in [-0.3, -0.25) is 14.5 Å². The van der Waals surface area contributed by atoms with Crippen LogP contribution in [0.15, 0.2) is 48.5 Å². The van der Waals surface area contributed by atoms with Crippen LogP contribution < -0.4 is 10.6 Å². The summed E-state index contributed by atoms with van der Waals surface area (Å²) in [4.78, 5) is 36.9. The van der Waals surface area contributed by atoms with Crippen LogP contribution >= 0.6 is 0 Å². The lowest BCUT2D eigenvalue weighted by atomic mass is 10.0. The van der Waals surface area contributed by atoms with Crippen LogP contribution in [-0.2, 0) is 16.1 Å². The summed E-state index contributed by atoms with van der Waals surface area (Å²) in [7, 11) is 0. The summed E-state index contributed by atoms with van der Waals surface area (Å²) in [5, 5.41) is 15.1. The van der Waals surface area contributed by atoms with Gasteiger partial charge in [0.2, 0.25) is 11.8 Å². The van der Waals surface area contributed by atoms with E-state index in [0.717, 1.165) is 29.5 Å². The van der Waals surface area contributed by atoms with E-state index in [2.05, 4.69) is 10.6 Å². The molecule has 1 atom stereocenters. The molecule has 0 spiro atoms. The van der Waals surface area contributed by atoms with Crippen LogP contribution in [0.2, 0.25) is 0 Å². The SMILES string of the molecule is O=C(NCc1cccc(-c2cccc(NC(=O)C3CCCN3C(=O)O)c2)c1)C1CC1. The second-order valence-electron chi connectivity index (χ2n) is 7.90. The predicted octanol–water partition coefficient (Wildman–Crippen LogP) is 3.46. The second kappa shape index (κ2) is 8.57. The smallest absolute Gasteiger partial charge is 0.407 e. The number of hydrogen-bond donors (Lipinski definition) is 3. The molecule has 2 aliphatic rings. The molecule has 2 aromatic carbocycles. The van der Waals surface area contributed by atoms with Crippen molar-refractivity contribution in [1.82, 2.24) is 10.2 Å². The van der Waals surface area contributed by atoms with Gasteiger partial charge in [-0.25, -0.2) is 4.79 Å². The van der Waals surface area contributed by atoms with Crippen LogP contribution in [0.3, 0.4) is 0 Å². The van der Waals surface area contributed by atoms with Crippen molar-refractivity contribution < 1.29 is 19.5 Å². The Bertz CT molecular complexity index is 970. The van der Waals surface area contributed by atoms with Gasteiger partial charge in [0, 0.05) is 24.7 Å². The maximum Gasteiger partial charge on any atom is 0.407 e. The van der Waals surface area contributed by atoms with E-state index in [4.69, 9.17) is 0 Å². The van der Waals surface area contributed by atoms with E-state index in [1.807, 2.05) is 42.5 Å². The van der Waals surface area contributed by atoms with E-state index >= 15 is 0 Å². The highest BCUT2D eigenvalue weighted by Gasteiger charge is 2.34. The Morgan fingerprint density at radius 1 is 0.967 bits per heavy atom. The van der Waals surface area contributed by atoms with E-state index < -0.39 is 12.1 Å². The monoisotopic (exact) mass is 407 g/mol. The molecule has 30 heavy (non-hydrogen) atoms. The highest BCUT2D eigenvalue weighted by Crippen LogP contribution is 2.29. The van der Waals surface area contributed by atoms with Crippen LogP contribution in [0.5, 0.6) is 0 Å². The molecule has 3 amide bonds. The fourth-order valence-electron chi connectivity index (χ4n) is 3.81. The first-order chi connectivity index (χ1) is 14.5. The van der Waals surface area contributed by atoms with E-state index in [0.29, 0.717) is 31.6 Å². The van der Waals surface area contributed by atoms with Gasteiger partial charge in [-0.15, -0.1) is 0 Å². The van der Waals surface area contributed by atoms with Gasteiger partial charge in [0.05, 0.1) is 0 Å². The largest absolute Gasteiger partial charge is 0.465 e. The van der Waals surface area contributed by atoms with E-state index in [9.17, 15) is 19.5 Å². The number of nitrogens with zero attached hydrogens (tertiary/aromatic N) is 1. The molecule has 4 rings (SSSR count). The zero-order valence-electron chi connectivity index (χ0n) is 16.6. The van der Waals surface area contributed by atoms with Gasteiger partial charge in [0.1, 0.15) is 6.04 Å². The standard InChI is InChI=1S/C23H25N3O4/c27-21(16-9-10-16)24-14-15-4-1-5-17(12-15)18-6-2-7-19(13-18)25-22(28)20-8-3-11-26(20)23(29)30/h1-2,4-7,12-13,16,20H,3,8-11,14H2,(H,24,27)(H,25,28)(H,29,30). The summed E-state index contributed by atoms with van der Waals surface area (Å²) in [6, 6.07) is 14.8. The number of nitrogens with one attached hydrogen (secondary N) is 2. The number of rotatable bonds is 6. The van der Waals surface area contributed by atoms with Gasteiger partial charge in [-0.1, -0.05) is 30.3 Å². The molecule has 1 aliphatic heterocycles. The van der Waals surface area contributed by atoms with Gasteiger partial charge in [-0.05, 0) is 60.6 Å². The van der Waals surface area contributed by atoms with Gasteiger partial charge < -0.3 is 15.7 Å². The van der Waals surface area contributed by atoms with E-state index in [1.54, 1.807) is 6.07 Å². The van der Waals surface area contributed by atoms with Crippen molar-refractivity contribution in [1.29, 1.82) is 0 Å². The van der Waals surface area contributed by atoms with E-state index in [1.165, 1.54) is 4.90 Å². The molecular weight excluding hydrogens is 382 g/mol. The van der Waals surface area contributed by atoms with Crippen LogP contribution in [0.25, 0.3) is 11.1 Å². The Kier molecular flexibility index (Phi) is 5.70. The molecule has 7 nitrogen and oxygen atoms in total. The number of carbonyl (C=O) groups excluding carboxylic acids is 2. The van der Waals surface area contributed by atoms with Crippen molar-refractivity contribution in [2.24, 2.45) is 5.92 Å². The molecule has 1 unspecified atom stereocenters. The average Bonchev–Trinajstić information content (AvgIpc) is 3.48. The van der Waals surface area contributed by atoms with Crippen molar-refractivity contribution in [2.45, 2.75) is 38.3 Å². The lowest BCUT2D eigenvalue weighted by molar-refractivity contribution is -0.122. The first-order valence-corrected chi connectivity index (χ1v) is 10.3. The molecule has 7 heteroatoms. The highest BCUT2D eigenvalue weighted by atomic mass is 16.4. The Balaban J connectivity index is 1.44. The van der Waals surface area contributed by atoms with Crippen molar-refractivity contribution in [3.8, 4) is 11.1 Å². The minimum absolute atomic E-state index is 0.118. The van der Waals surface area contributed by atoms with Crippen LogP contribution in [0, 0.1) is 5.92 Å². The molecule has 2 aromatic rings. The molecule has 1 saturated heterocycles. The lowest BCUT2D eigenvalue weighted by Gasteiger charge is -2.20. The van der Waals surface area contributed by atoms with Crippen LogP contribution in [-0.4, -0.2) is 40.5 Å². The maximum atomic E-state index is 12.6. The fourth-order valence-corrected chi connectivity index (χ4v) is 3.81. The number of hydrogen-bond acceptors (Lipinski definition) is 3. The van der Waals surface area contributed by atoms with Gasteiger partial charge in [0.25, 0.3) is 0 Å². The Labute approximate surface area is 175 Å². The Hall–Kier alpha value is -3.35. The number of amides is 3. The number of benzene rings is 2. The topological polar surface area (TPSA) is 98.7 Å². The molecule has 1 aliphatic carbocycles. The third kappa shape index (κ3) is 4.62. The quantitative estimate of drug-likeness (QED) is 0.683. The number of likely N-dealkylation sites (tertiary alicyclic amines) is 1. The van der Waals surface area contributed by atoms with Gasteiger partial charge in [-0.2, -0.15) is 0 Å². The first kappa shape index (κ1) is 19.9. The van der Waals surface area contributed by atoms with Crippen molar-refractivity contribution >= 4 is 23.6 Å². The molecule has 2 fully saturated rings. The number of carboxylic acid groups (broad SMARTS) is 1. The Morgan fingerprint density at radius 3 is 2.43 bits per heavy atom. The minimum Gasteiger partial charge on any atom is -0.465 e. The van der Waals surface area contributed by atoms with Crippen LogP contribution in [0.4, 0.5) is 10.5 Å². The van der Waals surface area contributed by atoms with Gasteiger partial charge >= 0.3 is 6.09 Å². The average molecular weight is 407 g/mol. The second-order valence-corrected chi connectivity index (χ2v) is 7.90. The third-order valence-corrected chi connectivity index (χ3v) is 5.61. The number of anilines is 1. The van der Waals surface area contributed by atoms with Crippen LogP contribution in [0.1, 0.15) is 31.2 Å². The van der Waals surface area contributed by atoms with Gasteiger partial charge in [0.15, 0.2) is 0 Å². The van der Waals surface area contributed by atoms with Crippen molar-refractivity contribution in [2.75, 3.05) is 11.9 Å². The molecule has 0 bridgehead atoms. The summed E-state index contributed by atoms with van der Waals surface area (Å²) in [6.45, 7) is 0.879. The summed E-state index contributed by atoms with van der Waals surface area (Å²) in [5.41, 5.74) is 3.56. The zero-order valence-corrected chi connectivity index (χ0v) is 16.6. The third-order valence-electron chi connectivity index (χ3n) is 5.61. The molecule has 1 heterocycles.